The van der Waals surface area contributed by atoms with Gasteiger partial charge < -0.3 is 16.2 Å². The van der Waals surface area contributed by atoms with Crippen LogP contribution in [0.2, 0.25) is 0 Å². The summed E-state index contributed by atoms with van der Waals surface area (Å²) in [6.45, 7) is 0. The fraction of sp³-hybridized carbons (Fsp3) is 0.417. The Hall–Kier alpha value is -1.55. The number of carbonyl (C=O) groups is 1. The standard InChI is InChI=1S/C12H16N2O2/c13-11(12(16)14-9-3-4-9)7-8-1-5-10(15)6-2-8/h1-2,5-6,9,11,15H,3-4,7,13H2,(H,14,16)/t11-/m0/s1. The van der Waals surface area contributed by atoms with E-state index in [-0.39, 0.29) is 11.7 Å². The Kier molecular flexibility index (Phi) is 3.10. The number of hydrogen-bond donors (Lipinski definition) is 3. The maximum atomic E-state index is 11.6. The van der Waals surface area contributed by atoms with Gasteiger partial charge in [0.2, 0.25) is 5.91 Å². The molecule has 86 valence electrons. The number of nitrogens with one attached hydrogen (secondary N) is 1. The predicted octanol–water partition coefficient (Wildman–Crippen LogP) is 0.541. The summed E-state index contributed by atoms with van der Waals surface area (Å²) in [5, 5.41) is 12.0. The van der Waals surface area contributed by atoms with E-state index in [9.17, 15) is 4.79 Å². The van der Waals surface area contributed by atoms with Gasteiger partial charge in [-0.15, -0.1) is 0 Å². The van der Waals surface area contributed by atoms with Gasteiger partial charge in [0.25, 0.3) is 0 Å². The number of amides is 1. The van der Waals surface area contributed by atoms with E-state index in [4.69, 9.17) is 10.8 Å². The smallest absolute Gasteiger partial charge is 0.237 e. The molecule has 0 radical (unpaired) electrons. The minimum Gasteiger partial charge on any atom is -0.508 e. The first-order valence-corrected chi connectivity index (χ1v) is 5.49. The average molecular weight is 220 g/mol. The summed E-state index contributed by atoms with van der Waals surface area (Å²) in [7, 11) is 0. The predicted molar refractivity (Wildman–Crippen MR) is 61.0 cm³/mol. The highest BCUT2D eigenvalue weighted by atomic mass is 16.3. The molecule has 0 heterocycles. The van der Waals surface area contributed by atoms with Gasteiger partial charge in [-0.1, -0.05) is 12.1 Å². The molecular weight excluding hydrogens is 204 g/mol. The first kappa shape index (κ1) is 11.0. The number of carbonyl (C=O) groups excluding carboxylic acids is 1. The zero-order valence-electron chi connectivity index (χ0n) is 9.02. The summed E-state index contributed by atoms with van der Waals surface area (Å²) < 4.78 is 0. The molecule has 1 amide bonds. The van der Waals surface area contributed by atoms with Crippen LogP contribution in [0.15, 0.2) is 24.3 Å². The van der Waals surface area contributed by atoms with E-state index in [2.05, 4.69) is 5.32 Å². The van der Waals surface area contributed by atoms with E-state index in [1.165, 1.54) is 0 Å². The molecular formula is C12H16N2O2. The van der Waals surface area contributed by atoms with Crippen LogP contribution < -0.4 is 11.1 Å². The zero-order valence-corrected chi connectivity index (χ0v) is 9.02. The third-order valence-electron chi connectivity index (χ3n) is 2.65. The van der Waals surface area contributed by atoms with Crippen molar-refractivity contribution >= 4 is 5.91 Å². The van der Waals surface area contributed by atoms with Crippen molar-refractivity contribution in [1.82, 2.24) is 5.32 Å². The average Bonchev–Trinajstić information content (AvgIpc) is 3.05. The quantitative estimate of drug-likeness (QED) is 0.693. The van der Waals surface area contributed by atoms with Crippen molar-refractivity contribution in [3.05, 3.63) is 29.8 Å². The van der Waals surface area contributed by atoms with Crippen molar-refractivity contribution in [3.63, 3.8) is 0 Å². The second kappa shape index (κ2) is 4.53. The summed E-state index contributed by atoms with van der Waals surface area (Å²) in [5.41, 5.74) is 6.74. The summed E-state index contributed by atoms with van der Waals surface area (Å²) in [6, 6.07) is 6.59. The van der Waals surface area contributed by atoms with E-state index in [1.54, 1.807) is 24.3 Å². The van der Waals surface area contributed by atoms with Gasteiger partial charge in [-0.05, 0) is 37.0 Å². The minimum absolute atomic E-state index is 0.0874. The van der Waals surface area contributed by atoms with Crippen molar-refractivity contribution in [2.75, 3.05) is 0 Å². The van der Waals surface area contributed by atoms with Gasteiger partial charge in [-0.3, -0.25) is 4.79 Å². The molecule has 2 rings (SSSR count). The van der Waals surface area contributed by atoms with Gasteiger partial charge in [0.1, 0.15) is 5.75 Å². The van der Waals surface area contributed by atoms with E-state index >= 15 is 0 Å². The highest BCUT2D eigenvalue weighted by molar-refractivity contribution is 5.82. The van der Waals surface area contributed by atoms with Crippen LogP contribution in [0, 0.1) is 0 Å². The zero-order chi connectivity index (χ0) is 11.5. The van der Waals surface area contributed by atoms with Crippen LogP contribution >= 0.6 is 0 Å². The Morgan fingerprint density at radius 3 is 2.62 bits per heavy atom. The van der Waals surface area contributed by atoms with Gasteiger partial charge in [0.15, 0.2) is 0 Å². The first-order chi connectivity index (χ1) is 7.65. The molecule has 1 aromatic rings. The number of phenols is 1. The van der Waals surface area contributed by atoms with Gasteiger partial charge in [0.05, 0.1) is 6.04 Å². The second-order valence-electron chi connectivity index (χ2n) is 4.26. The highest BCUT2D eigenvalue weighted by Gasteiger charge is 2.25. The molecule has 16 heavy (non-hydrogen) atoms. The van der Waals surface area contributed by atoms with Crippen molar-refractivity contribution < 1.29 is 9.90 Å². The van der Waals surface area contributed by atoms with Crippen LogP contribution in [-0.4, -0.2) is 23.1 Å². The van der Waals surface area contributed by atoms with Gasteiger partial charge >= 0.3 is 0 Å². The number of aromatic hydroxyl groups is 1. The lowest BCUT2D eigenvalue weighted by molar-refractivity contribution is -0.122. The van der Waals surface area contributed by atoms with E-state index < -0.39 is 6.04 Å². The summed E-state index contributed by atoms with van der Waals surface area (Å²) in [6.07, 6.45) is 2.63. The van der Waals surface area contributed by atoms with Crippen LogP contribution in [0.1, 0.15) is 18.4 Å². The van der Waals surface area contributed by atoms with Crippen molar-refractivity contribution in [3.8, 4) is 5.75 Å². The van der Waals surface area contributed by atoms with E-state index in [0.717, 1.165) is 18.4 Å². The molecule has 0 aromatic heterocycles. The number of hydrogen-bond acceptors (Lipinski definition) is 3. The van der Waals surface area contributed by atoms with Gasteiger partial charge in [0, 0.05) is 6.04 Å². The molecule has 1 saturated carbocycles. The van der Waals surface area contributed by atoms with Crippen LogP contribution in [-0.2, 0) is 11.2 Å². The molecule has 4 nitrogen and oxygen atoms in total. The molecule has 0 spiro atoms. The Morgan fingerprint density at radius 1 is 1.44 bits per heavy atom. The lowest BCUT2D eigenvalue weighted by atomic mass is 10.1. The normalized spacial score (nSPS) is 16.8. The Labute approximate surface area is 94.5 Å². The largest absolute Gasteiger partial charge is 0.508 e. The fourth-order valence-electron chi connectivity index (χ4n) is 1.51. The van der Waals surface area contributed by atoms with Gasteiger partial charge in [-0.25, -0.2) is 0 Å². The third kappa shape index (κ3) is 2.97. The number of nitrogens with two attached hydrogens (primary N) is 1. The topological polar surface area (TPSA) is 75.3 Å². The number of benzene rings is 1. The number of phenolic OH excluding ortho intramolecular Hbond substituents is 1. The van der Waals surface area contributed by atoms with Crippen molar-refractivity contribution in [2.45, 2.75) is 31.3 Å². The lowest BCUT2D eigenvalue weighted by Gasteiger charge is -2.11. The minimum atomic E-state index is -0.509. The van der Waals surface area contributed by atoms with Crippen molar-refractivity contribution in [2.24, 2.45) is 5.73 Å². The van der Waals surface area contributed by atoms with E-state index in [0.29, 0.717) is 12.5 Å². The monoisotopic (exact) mass is 220 g/mol. The molecule has 1 aliphatic rings. The van der Waals surface area contributed by atoms with E-state index in [1.807, 2.05) is 0 Å². The molecule has 1 aliphatic carbocycles. The highest BCUT2D eigenvalue weighted by Crippen LogP contribution is 2.18. The SMILES string of the molecule is N[C@@H](Cc1ccc(O)cc1)C(=O)NC1CC1. The van der Waals surface area contributed by atoms with Crippen LogP contribution in [0.4, 0.5) is 0 Å². The fourth-order valence-corrected chi connectivity index (χ4v) is 1.51. The molecule has 4 heteroatoms. The van der Waals surface area contributed by atoms with Crippen LogP contribution in [0.5, 0.6) is 5.75 Å². The summed E-state index contributed by atoms with van der Waals surface area (Å²) in [5.74, 6) is 0.135. The van der Waals surface area contributed by atoms with Crippen LogP contribution in [0.25, 0.3) is 0 Å². The third-order valence-corrected chi connectivity index (χ3v) is 2.65. The molecule has 1 atom stereocenters. The Bertz CT molecular complexity index is 371. The van der Waals surface area contributed by atoms with Crippen molar-refractivity contribution in [1.29, 1.82) is 0 Å². The summed E-state index contributed by atoms with van der Waals surface area (Å²) >= 11 is 0. The molecule has 0 aliphatic heterocycles. The molecule has 0 unspecified atom stereocenters. The summed E-state index contributed by atoms with van der Waals surface area (Å²) in [4.78, 5) is 11.6. The molecule has 1 aromatic carbocycles. The molecule has 0 bridgehead atoms. The molecule has 0 saturated heterocycles. The van der Waals surface area contributed by atoms with Gasteiger partial charge in [-0.2, -0.15) is 0 Å². The number of rotatable bonds is 4. The van der Waals surface area contributed by atoms with Crippen LogP contribution in [0.3, 0.4) is 0 Å². The second-order valence-corrected chi connectivity index (χ2v) is 4.26. The lowest BCUT2D eigenvalue weighted by Crippen LogP contribution is -2.42. The maximum Gasteiger partial charge on any atom is 0.237 e. The molecule has 4 N–H and O–H groups in total. The maximum absolute atomic E-state index is 11.6. The Morgan fingerprint density at radius 2 is 2.06 bits per heavy atom. The first-order valence-electron chi connectivity index (χ1n) is 5.49. The molecule has 1 fully saturated rings. The Balaban J connectivity index is 1.87.